The number of halogens is 3. The van der Waals surface area contributed by atoms with E-state index >= 15 is 0 Å². The molecular formula is C16H13ClF2N4O2. The van der Waals surface area contributed by atoms with Crippen molar-refractivity contribution in [3.05, 3.63) is 58.1 Å². The molecule has 2 heterocycles. The second-order valence-corrected chi connectivity index (χ2v) is 5.73. The van der Waals surface area contributed by atoms with E-state index in [-0.39, 0.29) is 17.8 Å². The van der Waals surface area contributed by atoms with Crippen molar-refractivity contribution in [2.45, 2.75) is 19.9 Å². The number of hydrogen-bond acceptors (Lipinski definition) is 4. The standard InChI is InChI=1S/C16H13ClF2N4O2/c1-8-13(16(20)24)14(15(18)19)21-23(8)7-9-6-12(22-25-9)10-4-2-3-5-11(10)17/h2-6,15H,7H2,1H3,(H2,20,24). The zero-order valence-electron chi connectivity index (χ0n) is 13.0. The van der Waals surface area contributed by atoms with Crippen LogP contribution in [0.25, 0.3) is 11.3 Å². The fourth-order valence-corrected chi connectivity index (χ4v) is 2.74. The number of nitrogens with zero attached hydrogens (tertiary/aromatic N) is 3. The van der Waals surface area contributed by atoms with Crippen LogP contribution in [0.2, 0.25) is 5.02 Å². The number of benzene rings is 1. The lowest BCUT2D eigenvalue weighted by Gasteiger charge is -2.01. The summed E-state index contributed by atoms with van der Waals surface area (Å²) in [7, 11) is 0. The Morgan fingerprint density at radius 1 is 1.40 bits per heavy atom. The van der Waals surface area contributed by atoms with Gasteiger partial charge in [-0.15, -0.1) is 0 Å². The fourth-order valence-electron chi connectivity index (χ4n) is 2.51. The predicted molar refractivity (Wildman–Crippen MR) is 86.5 cm³/mol. The Labute approximate surface area is 146 Å². The van der Waals surface area contributed by atoms with E-state index in [1.54, 1.807) is 30.3 Å². The highest BCUT2D eigenvalue weighted by Gasteiger charge is 2.26. The van der Waals surface area contributed by atoms with Crippen LogP contribution in [0.3, 0.4) is 0 Å². The first kappa shape index (κ1) is 17.1. The van der Waals surface area contributed by atoms with E-state index in [1.165, 1.54) is 11.6 Å². The molecule has 130 valence electrons. The van der Waals surface area contributed by atoms with E-state index < -0.39 is 18.0 Å². The Morgan fingerprint density at radius 3 is 2.72 bits per heavy atom. The fraction of sp³-hybridized carbons (Fsp3) is 0.188. The maximum atomic E-state index is 13.1. The van der Waals surface area contributed by atoms with E-state index in [2.05, 4.69) is 10.3 Å². The first-order valence-electron chi connectivity index (χ1n) is 7.24. The van der Waals surface area contributed by atoms with Crippen LogP contribution >= 0.6 is 11.6 Å². The van der Waals surface area contributed by atoms with Gasteiger partial charge >= 0.3 is 0 Å². The van der Waals surface area contributed by atoms with E-state index in [0.29, 0.717) is 22.0 Å². The van der Waals surface area contributed by atoms with Crippen LogP contribution in [0.15, 0.2) is 34.9 Å². The molecule has 6 nitrogen and oxygen atoms in total. The van der Waals surface area contributed by atoms with Crippen molar-refractivity contribution in [3.63, 3.8) is 0 Å². The second-order valence-electron chi connectivity index (χ2n) is 5.33. The third-order valence-electron chi connectivity index (χ3n) is 3.70. The van der Waals surface area contributed by atoms with Crippen LogP contribution in [-0.2, 0) is 6.54 Å². The summed E-state index contributed by atoms with van der Waals surface area (Å²) in [6, 6.07) is 8.73. The zero-order chi connectivity index (χ0) is 18.1. The highest BCUT2D eigenvalue weighted by atomic mass is 35.5. The molecular weight excluding hydrogens is 354 g/mol. The molecule has 0 saturated carbocycles. The van der Waals surface area contributed by atoms with Crippen molar-refractivity contribution in [2.75, 3.05) is 0 Å². The van der Waals surface area contributed by atoms with E-state index in [1.807, 2.05) is 0 Å². The van der Waals surface area contributed by atoms with Gasteiger partial charge < -0.3 is 10.3 Å². The number of aromatic nitrogens is 3. The van der Waals surface area contributed by atoms with Gasteiger partial charge in [-0.2, -0.15) is 5.10 Å². The number of hydrogen-bond donors (Lipinski definition) is 1. The first-order chi connectivity index (χ1) is 11.9. The minimum Gasteiger partial charge on any atom is -0.365 e. The predicted octanol–water partition coefficient (Wildman–Crippen LogP) is 3.58. The molecule has 1 amide bonds. The Bertz CT molecular complexity index is 936. The van der Waals surface area contributed by atoms with Crippen LogP contribution in [0, 0.1) is 6.92 Å². The number of nitrogens with two attached hydrogens (primary N) is 1. The molecule has 0 aliphatic carbocycles. The summed E-state index contributed by atoms with van der Waals surface area (Å²) in [5.41, 5.74) is 5.69. The van der Waals surface area contributed by atoms with E-state index in [0.717, 1.165) is 0 Å². The van der Waals surface area contributed by atoms with Gasteiger partial charge in [0.2, 0.25) is 0 Å². The van der Waals surface area contributed by atoms with E-state index in [4.69, 9.17) is 21.9 Å². The Morgan fingerprint density at radius 2 is 2.12 bits per heavy atom. The molecule has 0 bridgehead atoms. The van der Waals surface area contributed by atoms with Crippen molar-refractivity contribution < 1.29 is 18.1 Å². The van der Waals surface area contributed by atoms with Gasteiger partial charge in [-0.3, -0.25) is 9.48 Å². The smallest absolute Gasteiger partial charge is 0.282 e. The van der Waals surface area contributed by atoms with Gasteiger partial charge in [-0.05, 0) is 13.0 Å². The average molecular weight is 367 g/mol. The molecule has 0 unspecified atom stereocenters. The van der Waals surface area contributed by atoms with Crippen molar-refractivity contribution in [1.29, 1.82) is 0 Å². The van der Waals surface area contributed by atoms with Crippen LogP contribution in [-0.4, -0.2) is 20.8 Å². The Hall–Kier alpha value is -2.74. The summed E-state index contributed by atoms with van der Waals surface area (Å²) in [5.74, 6) is -0.578. The lowest BCUT2D eigenvalue weighted by molar-refractivity contribution is 0.0984. The third kappa shape index (κ3) is 3.25. The molecule has 2 aromatic heterocycles. The summed E-state index contributed by atoms with van der Waals surface area (Å²) < 4.78 is 32.6. The first-order valence-corrected chi connectivity index (χ1v) is 7.62. The molecule has 25 heavy (non-hydrogen) atoms. The molecule has 0 fully saturated rings. The summed E-state index contributed by atoms with van der Waals surface area (Å²) in [6.07, 6.45) is -2.91. The highest BCUT2D eigenvalue weighted by molar-refractivity contribution is 6.33. The van der Waals surface area contributed by atoms with Gasteiger partial charge in [0.25, 0.3) is 12.3 Å². The number of carbonyl (C=O) groups excluding carboxylic acids is 1. The Balaban J connectivity index is 1.93. The summed E-state index contributed by atoms with van der Waals surface area (Å²) >= 11 is 6.11. The summed E-state index contributed by atoms with van der Waals surface area (Å²) in [4.78, 5) is 11.4. The van der Waals surface area contributed by atoms with Gasteiger partial charge in [-0.25, -0.2) is 8.78 Å². The Kier molecular flexibility index (Phi) is 4.54. The largest absolute Gasteiger partial charge is 0.365 e. The second kappa shape index (κ2) is 6.64. The number of carbonyl (C=O) groups is 1. The third-order valence-corrected chi connectivity index (χ3v) is 4.03. The van der Waals surface area contributed by atoms with Crippen LogP contribution < -0.4 is 5.73 Å². The van der Waals surface area contributed by atoms with Gasteiger partial charge in [0, 0.05) is 17.3 Å². The number of amides is 1. The van der Waals surface area contributed by atoms with E-state index in [9.17, 15) is 13.6 Å². The maximum absolute atomic E-state index is 13.1. The topological polar surface area (TPSA) is 86.9 Å². The minimum atomic E-state index is -2.91. The highest BCUT2D eigenvalue weighted by Crippen LogP contribution is 2.28. The number of primary amides is 1. The molecule has 0 atom stereocenters. The van der Waals surface area contributed by atoms with Crippen LogP contribution in [0.5, 0.6) is 0 Å². The number of alkyl halides is 2. The summed E-state index contributed by atoms with van der Waals surface area (Å²) in [5, 5.41) is 8.22. The number of rotatable bonds is 5. The SMILES string of the molecule is Cc1c(C(N)=O)c(C(F)F)nn1Cc1cc(-c2ccccc2Cl)no1. The van der Waals surface area contributed by atoms with Crippen molar-refractivity contribution in [3.8, 4) is 11.3 Å². The molecule has 3 aromatic rings. The zero-order valence-corrected chi connectivity index (χ0v) is 13.8. The lowest BCUT2D eigenvalue weighted by Crippen LogP contribution is -2.14. The normalized spacial score (nSPS) is 11.2. The molecule has 0 spiro atoms. The molecule has 0 aliphatic rings. The molecule has 9 heteroatoms. The van der Waals surface area contributed by atoms with Crippen molar-refractivity contribution in [1.82, 2.24) is 14.9 Å². The van der Waals surface area contributed by atoms with Gasteiger partial charge in [0.05, 0.1) is 10.6 Å². The average Bonchev–Trinajstić information content (AvgIpc) is 3.13. The molecule has 0 radical (unpaired) electrons. The maximum Gasteiger partial charge on any atom is 0.282 e. The van der Waals surface area contributed by atoms with Crippen LogP contribution in [0.4, 0.5) is 8.78 Å². The van der Waals surface area contributed by atoms with Crippen molar-refractivity contribution in [2.24, 2.45) is 5.73 Å². The van der Waals surface area contributed by atoms with Gasteiger partial charge in [-0.1, -0.05) is 35.0 Å². The van der Waals surface area contributed by atoms with Crippen molar-refractivity contribution >= 4 is 17.5 Å². The molecule has 3 rings (SSSR count). The molecule has 0 saturated heterocycles. The van der Waals surface area contributed by atoms with Gasteiger partial charge in [0.1, 0.15) is 17.9 Å². The lowest BCUT2D eigenvalue weighted by atomic mass is 10.1. The molecule has 0 aliphatic heterocycles. The monoisotopic (exact) mass is 366 g/mol. The van der Waals surface area contributed by atoms with Gasteiger partial charge in [0.15, 0.2) is 5.76 Å². The summed E-state index contributed by atoms with van der Waals surface area (Å²) in [6.45, 7) is 1.51. The minimum absolute atomic E-state index is 0.0241. The van der Waals surface area contributed by atoms with Crippen LogP contribution in [0.1, 0.15) is 33.9 Å². The quantitative estimate of drug-likeness (QED) is 0.747. The molecule has 2 N–H and O–H groups in total. The molecule has 1 aromatic carbocycles.